The van der Waals surface area contributed by atoms with E-state index < -0.39 is 0 Å². The normalized spacial score (nSPS) is 17.9. The topological polar surface area (TPSA) is 17.8 Å². The largest absolute Gasteiger partial charge is 0.321 e. The van der Waals surface area contributed by atoms with Crippen LogP contribution in [0.25, 0.3) is 11.0 Å². The van der Waals surface area contributed by atoms with Crippen molar-refractivity contribution >= 4 is 22.6 Å². The number of benzene rings is 1. The van der Waals surface area contributed by atoms with Gasteiger partial charge in [0.1, 0.15) is 11.3 Å². The number of rotatable bonds is 3. The molecule has 1 aliphatic carbocycles. The molecule has 0 saturated heterocycles. The fourth-order valence-electron chi connectivity index (χ4n) is 3.05. The van der Waals surface area contributed by atoms with E-state index in [2.05, 4.69) is 16.5 Å². The molecule has 3 rings (SSSR count). The van der Waals surface area contributed by atoms with Crippen LogP contribution in [0.2, 0.25) is 0 Å². The van der Waals surface area contributed by atoms with E-state index in [9.17, 15) is 4.39 Å². The average molecular weight is 267 g/mol. The van der Waals surface area contributed by atoms with Crippen LogP contribution >= 0.6 is 11.6 Å². The Bertz CT molecular complexity index is 581. The summed E-state index contributed by atoms with van der Waals surface area (Å²) in [6, 6.07) is 5.14. The highest BCUT2D eigenvalue weighted by atomic mass is 35.5. The van der Waals surface area contributed by atoms with E-state index in [1.54, 1.807) is 6.07 Å². The molecule has 1 heterocycles. The van der Waals surface area contributed by atoms with Crippen LogP contribution in [0.5, 0.6) is 0 Å². The van der Waals surface area contributed by atoms with Gasteiger partial charge in [-0.2, -0.15) is 0 Å². The Hall–Kier alpha value is -1.09. The van der Waals surface area contributed by atoms with Crippen LogP contribution in [0.3, 0.4) is 0 Å². The van der Waals surface area contributed by atoms with Gasteiger partial charge in [0.05, 0.1) is 11.4 Å². The van der Waals surface area contributed by atoms with Gasteiger partial charge in [-0.25, -0.2) is 9.37 Å². The first-order chi connectivity index (χ1) is 8.72. The summed E-state index contributed by atoms with van der Waals surface area (Å²) in [6.45, 7) is 2.18. The molecule has 18 heavy (non-hydrogen) atoms. The first-order valence-electron chi connectivity index (χ1n) is 6.44. The zero-order valence-electron chi connectivity index (χ0n) is 10.4. The van der Waals surface area contributed by atoms with Crippen molar-refractivity contribution in [3.8, 4) is 0 Å². The van der Waals surface area contributed by atoms with Crippen molar-refractivity contribution in [1.29, 1.82) is 0 Å². The summed E-state index contributed by atoms with van der Waals surface area (Å²) in [7, 11) is 0. The predicted molar refractivity (Wildman–Crippen MR) is 71.4 cm³/mol. The third-order valence-corrected chi connectivity index (χ3v) is 4.48. The summed E-state index contributed by atoms with van der Waals surface area (Å²) in [6.07, 6.45) is 4.54. The molecular formula is C14H16ClFN2. The lowest BCUT2D eigenvalue weighted by Gasteiger charge is -2.44. The van der Waals surface area contributed by atoms with E-state index in [-0.39, 0.29) is 11.4 Å². The second-order valence-corrected chi connectivity index (χ2v) is 5.30. The van der Waals surface area contributed by atoms with Crippen LogP contribution in [0, 0.1) is 5.82 Å². The molecule has 0 bridgehead atoms. The molecule has 0 spiro atoms. The summed E-state index contributed by atoms with van der Waals surface area (Å²) >= 11 is 5.99. The van der Waals surface area contributed by atoms with Crippen LogP contribution in [0.4, 0.5) is 4.39 Å². The van der Waals surface area contributed by atoms with Crippen LogP contribution in [-0.2, 0) is 11.4 Å². The number of alkyl halides is 1. The second kappa shape index (κ2) is 4.23. The SMILES string of the molecule is CCC1(n2c(CCl)nc3c(F)cccc32)CCC1. The van der Waals surface area contributed by atoms with Gasteiger partial charge >= 0.3 is 0 Å². The van der Waals surface area contributed by atoms with Crippen LogP contribution in [0.1, 0.15) is 38.4 Å². The number of aromatic nitrogens is 2. The van der Waals surface area contributed by atoms with E-state index in [4.69, 9.17) is 11.6 Å². The van der Waals surface area contributed by atoms with Crippen LogP contribution < -0.4 is 0 Å². The minimum Gasteiger partial charge on any atom is -0.321 e. The summed E-state index contributed by atoms with van der Waals surface area (Å²) in [5.41, 5.74) is 1.44. The van der Waals surface area contributed by atoms with Gasteiger partial charge < -0.3 is 4.57 Å². The van der Waals surface area contributed by atoms with Crippen LogP contribution in [-0.4, -0.2) is 9.55 Å². The van der Waals surface area contributed by atoms with Gasteiger partial charge in [0.25, 0.3) is 0 Å². The van der Waals surface area contributed by atoms with Gasteiger partial charge in [-0.15, -0.1) is 11.6 Å². The molecule has 1 aromatic carbocycles. The monoisotopic (exact) mass is 266 g/mol. The molecule has 0 unspecified atom stereocenters. The maximum absolute atomic E-state index is 13.8. The number of hydrogen-bond acceptors (Lipinski definition) is 1. The van der Waals surface area contributed by atoms with E-state index in [1.807, 2.05) is 6.07 Å². The van der Waals surface area contributed by atoms with Gasteiger partial charge in [0.2, 0.25) is 0 Å². The van der Waals surface area contributed by atoms with Crippen molar-refractivity contribution in [3.63, 3.8) is 0 Å². The number of halogens is 2. The molecule has 0 amide bonds. The van der Waals surface area contributed by atoms with Crippen molar-refractivity contribution in [1.82, 2.24) is 9.55 Å². The number of hydrogen-bond donors (Lipinski definition) is 0. The Morgan fingerprint density at radius 1 is 1.44 bits per heavy atom. The Balaban J connectivity index is 2.29. The maximum atomic E-state index is 13.8. The zero-order valence-corrected chi connectivity index (χ0v) is 11.2. The Morgan fingerprint density at radius 3 is 2.78 bits per heavy atom. The first-order valence-corrected chi connectivity index (χ1v) is 6.97. The standard InChI is InChI=1S/C14H16ClFN2/c1-2-14(7-4-8-14)18-11-6-3-5-10(16)13(11)17-12(18)9-15/h3,5-6H,2,4,7-9H2,1H3. The van der Waals surface area contributed by atoms with Crippen molar-refractivity contribution in [2.24, 2.45) is 0 Å². The lowest BCUT2D eigenvalue weighted by molar-refractivity contribution is 0.138. The molecule has 0 atom stereocenters. The summed E-state index contributed by atoms with van der Waals surface area (Å²) in [5.74, 6) is 0.858. The molecule has 4 heteroatoms. The summed E-state index contributed by atoms with van der Waals surface area (Å²) in [5, 5.41) is 0. The lowest BCUT2D eigenvalue weighted by atomic mass is 9.74. The molecular weight excluding hydrogens is 251 g/mol. The second-order valence-electron chi connectivity index (χ2n) is 5.04. The highest BCUT2D eigenvalue weighted by Crippen LogP contribution is 2.44. The Kier molecular flexibility index (Phi) is 2.81. The highest BCUT2D eigenvalue weighted by molar-refractivity contribution is 6.16. The van der Waals surface area contributed by atoms with E-state index in [1.165, 1.54) is 12.5 Å². The summed E-state index contributed by atoms with van der Waals surface area (Å²) < 4.78 is 16.0. The molecule has 0 N–H and O–H groups in total. The first kappa shape index (κ1) is 12.0. The van der Waals surface area contributed by atoms with Crippen molar-refractivity contribution < 1.29 is 4.39 Å². The Morgan fingerprint density at radius 2 is 2.22 bits per heavy atom. The van der Waals surface area contributed by atoms with Gasteiger partial charge in [-0.1, -0.05) is 13.0 Å². The van der Waals surface area contributed by atoms with Crippen molar-refractivity contribution in [2.75, 3.05) is 0 Å². The summed E-state index contributed by atoms with van der Waals surface area (Å²) in [4.78, 5) is 4.38. The molecule has 1 fully saturated rings. The quantitative estimate of drug-likeness (QED) is 0.761. The molecule has 1 saturated carbocycles. The van der Waals surface area contributed by atoms with Crippen molar-refractivity contribution in [3.05, 3.63) is 29.8 Å². The molecule has 0 aliphatic heterocycles. The molecule has 96 valence electrons. The maximum Gasteiger partial charge on any atom is 0.151 e. The average Bonchev–Trinajstić information content (AvgIpc) is 2.70. The number of imidazole rings is 1. The van der Waals surface area contributed by atoms with Gasteiger partial charge in [0.15, 0.2) is 5.82 Å². The highest BCUT2D eigenvalue weighted by Gasteiger charge is 2.39. The fraction of sp³-hybridized carbons (Fsp3) is 0.500. The Labute approximate surface area is 111 Å². The number of para-hydroxylation sites is 1. The molecule has 2 nitrogen and oxygen atoms in total. The minimum atomic E-state index is -0.261. The van der Waals surface area contributed by atoms with E-state index >= 15 is 0 Å². The third kappa shape index (κ3) is 1.50. The fourth-order valence-corrected chi connectivity index (χ4v) is 3.23. The van der Waals surface area contributed by atoms with E-state index in [0.29, 0.717) is 11.4 Å². The smallest absolute Gasteiger partial charge is 0.151 e. The van der Waals surface area contributed by atoms with Gasteiger partial charge in [0, 0.05) is 5.54 Å². The molecule has 1 aliphatic rings. The molecule has 2 aromatic rings. The van der Waals surface area contributed by atoms with Crippen LogP contribution in [0.15, 0.2) is 18.2 Å². The number of nitrogens with zero attached hydrogens (tertiary/aromatic N) is 2. The number of fused-ring (bicyclic) bond motifs is 1. The van der Waals surface area contributed by atoms with Gasteiger partial charge in [-0.3, -0.25) is 0 Å². The predicted octanol–water partition coefficient (Wildman–Crippen LogP) is 4.20. The molecule has 1 aromatic heterocycles. The minimum absolute atomic E-state index is 0.104. The third-order valence-electron chi connectivity index (χ3n) is 4.24. The van der Waals surface area contributed by atoms with Crippen molar-refractivity contribution in [2.45, 2.75) is 44.0 Å². The lowest BCUT2D eigenvalue weighted by Crippen LogP contribution is -2.40. The van der Waals surface area contributed by atoms with E-state index in [0.717, 1.165) is 30.6 Å². The zero-order chi connectivity index (χ0) is 12.8. The molecule has 0 radical (unpaired) electrons. The van der Waals surface area contributed by atoms with Gasteiger partial charge in [-0.05, 0) is 37.8 Å².